The Labute approximate surface area is 154 Å². The topological polar surface area (TPSA) is 52.1 Å². The van der Waals surface area contributed by atoms with E-state index in [-0.39, 0.29) is 6.04 Å². The molecule has 0 bridgehead atoms. The summed E-state index contributed by atoms with van der Waals surface area (Å²) in [4.78, 5) is 8.45. The Bertz CT molecular complexity index is 443. The highest BCUT2D eigenvalue weighted by atomic mass is 19.4. The molecule has 9 heteroatoms. The molecule has 0 aromatic carbocycles. The van der Waals surface area contributed by atoms with Crippen LogP contribution in [0.25, 0.3) is 0 Å². The molecule has 2 fully saturated rings. The largest absolute Gasteiger partial charge is 0.401 e. The lowest BCUT2D eigenvalue weighted by molar-refractivity contribution is -0.143. The summed E-state index contributed by atoms with van der Waals surface area (Å²) in [6.07, 6.45) is -0.962. The first-order valence-electron chi connectivity index (χ1n) is 9.48. The van der Waals surface area contributed by atoms with Crippen LogP contribution < -0.4 is 10.6 Å². The summed E-state index contributed by atoms with van der Waals surface area (Å²) in [5.74, 6) is 0.689. The predicted octanol–water partition coefficient (Wildman–Crippen LogP) is 1.29. The second kappa shape index (κ2) is 10.3. The number of hydrogen-bond donors (Lipinski definition) is 2. The maximum Gasteiger partial charge on any atom is 0.401 e. The van der Waals surface area contributed by atoms with Gasteiger partial charge in [0.25, 0.3) is 0 Å². The molecular weight excluding hydrogens is 347 g/mol. The molecule has 2 aliphatic rings. The zero-order valence-corrected chi connectivity index (χ0v) is 15.8. The van der Waals surface area contributed by atoms with E-state index >= 15 is 0 Å². The van der Waals surface area contributed by atoms with E-state index in [0.29, 0.717) is 38.1 Å². The summed E-state index contributed by atoms with van der Waals surface area (Å²) in [5, 5.41) is 6.47. The molecule has 1 atom stereocenters. The average molecular weight is 379 g/mol. The molecule has 1 aliphatic carbocycles. The maximum atomic E-state index is 12.5. The second-order valence-corrected chi connectivity index (χ2v) is 7.00. The van der Waals surface area contributed by atoms with E-state index in [2.05, 4.69) is 20.5 Å². The number of rotatable bonds is 10. The standard InChI is InChI=1S/C17H32F3N5O/c1-3-21-16(22-7-9-25(10-11-26-2)15-4-5-15)23-14-6-8-24(12-14)13-17(18,19)20/h14-15H,3-13H2,1-2H3,(H2,21,22,23). The first-order chi connectivity index (χ1) is 12.4. The summed E-state index contributed by atoms with van der Waals surface area (Å²) in [7, 11) is 1.71. The summed E-state index contributed by atoms with van der Waals surface area (Å²) in [5.41, 5.74) is 0. The van der Waals surface area contributed by atoms with Crippen molar-refractivity contribution < 1.29 is 17.9 Å². The van der Waals surface area contributed by atoms with Crippen molar-refractivity contribution in [2.75, 3.05) is 59.5 Å². The van der Waals surface area contributed by atoms with E-state index in [0.717, 1.165) is 26.2 Å². The van der Waals surface area contributed by atoms with Gasteiger partial charge in [-0.1, -0.05) is 0 Å². The molecule has 2 rings (SSSR count). The summed E-state index contributed by atoms with van der Waals surface area (Å²) in [6.45, 7) is 5.89. The van der Waals surface area contributed by atoms with Gasteiger partial charge in [0.1, 0.15) is 0 Å². The lowest BCUT2D eigenvalue weighted by Crippen LogP contribution is -2.45. The Balaban J connectivity index is 1.77. The van der Waals surface area contributed by atoms with Gasteiger partial charge in [0.15, 0.2) is 5.96 Å². The Morgan fingerprint density at radius 3 is 2.65 bits per heavy atom. The highest BCUT2D eigenvalue weighted by Gasteiger charge is 2.34. The molecule has 1 aliphatic heterocycles. The number of nitrogens with zero attached hydrogens (tertiary/aromatic N) is 3. The van der Waals surface area contributed by atoms with E-state index in [9.17, 15) is 13.2 Å². The van der Waals surface area contributed by atoms with E-state index in [1.54, 1.807) is 7.11 Å². The maximum absolute atomic E-state index is 12.5. The summed E-state index contributed by atoms with van der Waals surface area (Å²) < 4.78 is 42.7. The quantitative estimate of drug-likeness (QED) is 0.443. The van der Waals surface area contributed by atoms with Gasteiger partial charge in [-0.25, -0.2) is 0 Å². The van der Waals surface area contributed by atoms with Crippen LogP contribution in [0.4, 0.5) is 13.2 Å². The molecule has 0 radical (unpaired) electrons. The number of likely N-dealkylation sites (tertiary alicyclic amines) is 1. The van der Waals surface area contributed by atoms with Gasteiger partial charge in [-0.3, -0.25) is 14.8 Å². The predicted molar refractivity (Wildman–Crippen MR) is 96.5 cm³/mol. The van der Waals surface area contributed by atoms with Gasteiger partial charge in [0, 0.05) is 51.9 Å². The molecule has 1 saturated carbocycles. The molecule has 0 spiro atoms. The Morgan fingerprint density at radius 2 is 2.04 bits per heavy atom. The van der Waals surface area contributed by atoms with Crippen molar-refractivity contribution in [3.8, 4) is 0 Å². The molecule has 0 aromatic rings. The van der Waals surface area contributed by atoms with Gasteiger partial charge < -0.3 is 15.4 Å². The van der Waals surface area contributed by atoms with Gasteiger partial charge in [-0.05, 0) is 26.2 Å². The van der Waals surface area contributed by atoms with Crippen LogP contribution in [0.5, 0.6) is 0 Å². The molecule has 6 nitrogen and oxygen atoms in total. The minimum Gasteiger partial charge on any atom is -0.383 e. The summed E-state index contributed by atoms with van der Waals surface area (Å²) >= 11 is 0. The fourth-order valence-electron chi connectivity index (χ4n) is 3.28. The molecule has 1 heterocycles. The number of halogens is 3. The van der Waals surface area contributed by atoms with E-state index in [1.165, 1.54) is 17.7 Å². The first kappa shape index (κ1) is 21.2. The minimum absolute atomic E-state index is 0.00294. The van der Waals surface area contributed by atoms with E-state index in [4.69, 9.17) is 4.74 Å². The number of methoxy groups -OCH3 is 1. The van der Waals surface area contributed by atoms with Gasteiger partial charge in [-0.2, -0.15) is 13.2 Å². The third-order valence-electron chi connectivity index (χ3n) is 4.66. The van der Waals surface area contributed by atoms with Gasteiger partial charge in [0.2, 0.25) is 0 Å². The molecule has 1 saturated heterocycles. The normalized spacial score (nSPS) is 22.2. The number of ether oxygens (including phenoxy) is 1. The van der Waals surface area contributed by atoms with Crippen molar-refractivity contribution in [3.05, 3.63) is 0 Å². The van der Waals surface area contributed by atoms with Crippen LogP contribution in [0.3, 0.4) is 0 Å². The highest BCUT2D eigenvalue weighted by molar-refractivity contribution is 5.80. The monoisotopic (exact) mass is 379 g/mol. The van der Waals surface area contributed by atoms with Crippen LogP contribution in [-0.4, -0.2) is 93.5 Å². The summed E-state index contributed by atoms with van der Waals surface area (Å²) in [6, 6.07) is 0.657. The highest BCUT2D eigenvalue weighted by Crippen LogP contribution is 2.26. The Kier molecular flexibility index (Phi) is 8.43. The van der Waals surface area contributed by atoms with Crippen LogP contribution in [-0.2, 0) is 4.74 Å². The SMILES string of the molecule is CCNC(=NCCN(CCOC)C1CC1)NC1CCN(CC(F)(F)F)C1. The van der Waals surface area contributed by atoms with Crippen molar-refractivity contribution in [1.29, 1.82) is 0 Å². The fourth-order valence-corrected chi connectivity index (χ4v) is 3.28. The van der Waals surface area contributed by atoms with Crippen molar-refractivity contribution >= 4 is 5.96 Å². The zero-order chi connectivity index (χ0) is 19.0. The molecule has 0 aromatic heterocycles. The van der Waals surface area contributed by atoms with Gasteiger partial charge >= 0.3 is 6.18 Å². The third-order valence-corrected chi connectivity index (χ3v) is 4.66. The molecule has 1 unspecified atom stereocenters. The number of hydrogen-bond acceptors (Lipinski definition) is 4. The number of aliphatic imine (C=N–C) groups is 1. The van der Waals surface area contributed by atoms with Crippen molar-refractivity contribution in [2.24, 2.45) is 4.99 Å². The van der Waals surface area contributed by atoms with Crippen molar-refractivity contribution in [1.82, 2.24) is 20.4 Å². The van der Waals surface area contributed by atoms with Crippen LogP contribution in [0.2, 0.25) is 0 Å². The molecule has 2 N–H and O–H groups in total. The van der Waals surface area contributed by atoms with Crippen LogP contribution >= 0.6 is 0 Å². The van der Waals surface area contributed by atoms with Crippen LogP contribution in [0, 0.1) is 0 Å². The lowest BCUT2D eigenvalue weighted by atomic mass is 10.3. The third kappa shape index (κ3) is 8.09. The fraction of sp³-hybridized carbons (Fsp3) is 0.941. The van der Waals surface area contributed by atoms with Gasteiger partial charge in [0.05, 0.1) is 19.7 Å². The number of alkyl halides is 3. The lowest BCUT2D eigenvalue weighted by Gasteiger charge is -2.22. The molecule has 26 heavy (non-hydrogen) atoms. The first-order valence-corrected chi connectivity index (χ1v) is 9.48. The van der Waals surface area contributed by atoms with Gasteiger partial charge in [-0.15, -0.1) is 0 Å². The van der Waals surface area contributed by atoms with Crippen molar-refractivity contribution in [3.63, 3.8) is 0 Å². The average Bonchev–Trinajstić information content (AvgIpc) is 3.31. The second-order valence-electron chi connectivity index (χ2n) is 7.00. The minimum atomic E-state index is -4.14. The number of nitrogens with one attached hydrogen (secondary N) is 2. The smallest absolute Gasteiger partial charge is 0.383 e. The molecule has 152 valence electrons. The number of guanidine groups is 1. The Hall–Kier alpha value is -1.06. The van der Waals surface area contributed by atoms with Crippen molar-refractivity contribution in [2.45, 2.75) is 44.4 Å². The van der Waals surface area contributed by atoms with Crippen LogP contribution in [0.15, 0.2) is 4.99 Å². The van der Waals surface area contributed by atoms with E-state index < -0.39 is 12.7 Å². The van der Waals surface area contributed by atoms with E-state index in [1.807, 2.05) is 6.92 Å². The van der Waals surface area contributed by atoms with Crippen LogP contribution in [0.1, 0.15) is 26.2 Å². The molecular formula is C17H32F3N5O. The zero-order valence-electron chi connectivity index (χ0n) is 15.8. The molecule has 0 amide bonds. The Morgan fingerprint density at radius 1 is 1.27 bits per heavy atom.